The number of nitrogens with zero attached hydrogens (tertiary/aromatic N) is 1. The number of nitrogens with two attached hydrogens (primary N) is 1. The van der Waals surface area contributed by atoms with Crippen LogP contribution < -0.4 is 11.1 Å². The first-order chi connectivity index (χ1) is 9.10. The van der Waals surface area contributed by atoms with E-state index in [-0.39, 0.29) is 23.9 Å². The van der Waals surface area contributed by atoms with Crippen molar-refractivity contribution in [2.75, 3.05) is 0 Å². The van der Waals surface area contributed by atoms with Crippen molar-refractivity contribution in [3.63, 3.8) is 0 Å². The summed E-state index contributed by atoms with van der Waals surface area (Å²) in [6, 6.07) is 9.21. The molecule has 19 heavy (non-hydrogen) atoms. The Morgan fingerprint density at radius 3 is 2.63 bits per heavy atom. The molecular formula is C15H17N3O. The largest absolute Gasteiger partial charge is 0.349 e. The Morgan fingerprint density at radius 1 is 1.42 bits per heavy atom. The summed E-state index contributed by atoms with van der Waals surface area (Å²) in [5.74, 6) is -0.128. The highest BCUT2D eigenvalue weighted by Gasteiger charge is 2.23. The lowest BCUT2D eigenvalue weighted by atomic mass is 10.0. The SMILES string of the molecule is CC(NC(=O)C1C=CC(N)C1)c1ccc(C#N)cc1. The fourth-order valence-corrected chi connectivity index (χ4v) is 2.17. The van der Waals surface area contributed by atoms with Crippen LogP contribution in [0.1, 0.15) is 30.5 Å². The highest BCUT2D eigenvalue weighted by Crippen LogP contribution is 2.19. The van der Waals surface area contributed by atoms with Crippen molar-refractivity contribution in [1.82, 2.24) is 5.32 Å². The summed E-state index contributed by atoms with van der Waals surface area (Å²) in [7, 11) is 0. The molecule has 0 fully saturated rings. The third-order valence-corrected chi connectivity index (χ3v) is 3.35. The first-order valence-corrected chi connectivity index (χ1v) is 6.34. The number of benzene rings is 1. The van der Waals surface area contributed by atoms with Crippen LogP contribution >= 0.6 is 0 Å². The van der Waals surface area contributed by atoms with E-state index in [4.69, 9.17) is 11.0 Å². The van der Waals surface area contributed by atoms with Crippen LogP contribution in [0.25, 0.3) is 0 Å². The van der Waals surface area contributed by atoms with Crippen molar-refractivity contribution >= 4 is 5.91 Å². The van der Waals surface area contributed by atoms with E-state index < -0.39 is 0 Å². The quantitative estimate of drug-likeness (QED) is 0.806. The molecule has 0 aromatic heterocycles. The number of hydrogen-bond acceptors (Lipinski definition) is 3. The first-order valence-electron chi connectivity index (χ1n) is 6.34. The molecule has 0 spiro atoms. The van der Waals surface area contributed by atoms with Crippen LogP contribution in [0.5, 0.6) is 0 Å². The summed E-state index contributed by atoms with van der Waals surface area (Å²) in [6.07, 6.45) is 4.41. The zero-order chi connectivity index (χ0) is 13.8. The smallest absolute Gasteiger partial charge is 0.227 e. The zero-order valence-electron chi connectivity index (χ0n) is 10.8. The van der Waals surface area contributed by atoms with E-state index in [1.54, 1.807) is 12.1 Å². The van der Waals surface area contributed by atoms with Crippen LogP contribution in [0.15, 0.2) is 36.4 Å². The molecule has 0 saturated carbocycles. The van der Waals surface area contributed by atoms with Gasteiger partial charge in [0.1, 0.15) is 0 Å². The van der Waals surface area contributed by atoms with E-state index in [2.05, 4.69) is 11.4 Å². The maximum absolute atomic E-state index is 12.0. The molecule has 1 amide bonds. The van der Waals surface area contributed by atoms with Gasteiger partial charge in [-0.2, -0.15) is 5.26 Å². The van der Waals surface area contributed by atoms with Crippen molar-refractivity contribution in [2.45, 2.75) is 25.4 Å². The van der Waals surface area contributed by atoms with Crippen LogP contribution in [-0.2, 0) is 4.79 Å². The van der Waals surface area contributed by atoms with E-state index in [1.165, 1.54) is 0 Å². The zero-order valence-corrected chi connectivity index (χ0v) is 10.8. The second-order valence-electron chi connectivity index (χ2n) is 4.86. The maximum Gasteiger partial charge on any atom is 0.227 e. The van der Waals surface area contributed by atoms with Crippen LogP contribution in [0.2, 0.25) is 0 Å². The van der Waals surface area contributed by atoms with Gasteiger partial charge < -0.3 is 11.1 Å². The van der Waals surface area contributed by atoms with E-state index >= 15 is 0 Å². The standard InChI is InChI=1S/C15H17N3O/c1-10(12-4-2-11(9-16)3-5-12)18-15(19)13-6-7-14(17)8-13/h2-7,10,13-14H,8,17H2,1H3,(H,18,19). The first kappa shape index (κ1) is 13.3. The number of hydrogen-bond donors (Lipinski definition) is 2. The van der Waals surface area contributed by atoms with Crippen LogP contribution in [0, 0.1) is 17.2 Å². The molecule has 0 aliphatic heterocycles. The third-order valence-electron chi connectivity index (χ3n) is 3.35. The number of rotatable bonds is 3. The summed E-state index contributed by atoms with van der Waals surface area (Å²) in [6.45, 7) is 1.93. The summed E-state index contributed by atoms with van der Waals surface area (Å²) in [5, 5.41) is 11.7. The highest BCUT2D eigenvalue weighted by atomic mass is 16.1. The predicted octanol–water partition coefficient (Wildman–Crippen LogP) is 1.64. The van der Waals surface area contributed by atoms with Crippen molar-refractivity contribution in [3.05, 3.63) is 47.5 Å². The van der Waals surface area contributed by atoms with Crippen molar-refractivity contribution in [3.8, 4) is 6.07 Å². The molecule has 0 bridgehead atoms. The van der Waals surface area contributed by atoms with Gasteiger partial charge in [-0.3, -0.25) is 4.79 Å². The number of carbonyl (C=O) groups excluding carboxylic acids is 1. The molecule has 4 nitrogen and oxygen atoms in total. The van der Waals surface area contributed by atoms with Gasteiger partial charge in [-0.25, -0.2) is 0 Å². The van der Waals surface area contributed by atoms with Crippen LogP contribution in [0.4, 0.5) is 0 Å². The van der Waals surface area contributed by atoms with Gasteiger partial charge in [-0.15, -0.1) is 0 Å². The van der Waals surface area contributed by atoms with E-state index in [0.29, 0.717) is 12.0 Å². The molecule has 4 heteroatoms. The van der Waals surface area contributed by atoms with Gasteiger partial charge in [0.15, 0.2) is 0 Å². The van der Waals surface area contributed by atoms with E-state index in [9.17, 15) is 4.79 Å². The molecule has 3 atom stereocenters. The van der Waals surface area contributed by atoms with Crippen LogP contribution in [0.3, 0.4) is 0 Å². The molecular weight excluding hydrogens is 238 g/mol. The van der Waals surface area contributed by atoms with Gasteiger partial charge in [0.25, 0.3) is 0 Å². The molecule has 1 aliphatic rings. The lowest BCUT2D eigenvalue weighted by molar-refractivity contribution is -0.124. The molecule has 2 rings (SSSR count). The summed E-state index contributed by atoms with van der Waals surface area (Å²) in [5.41, 5.74) is 7.34. The number of amides is 1. The van der Waals surface area contributed by atoms with Gasteiger partial charge in [0.05, 0.1) is 23.6 Å². The Balaban J connectivity index is 1.96. The van der Waals surface area contributed by atoms with Gasteiger partial charge in [0.2, 0.25) is 5.91 Å². The third kappa shape index (κ3) is 3.21. The minimum atomic E-state index is -0.129. The maximum atomic E-state index is 12.0. The monoisotopic (exact) mass is 255 g/mol. The molecule has 98 valence electrons. The topological polar surface area (TPSA) is 78.9 Å². The summed E-state index contributed by atoms with van der Waals surface area (Å²) >= 11 is 0. The second-order valence-corrected chi connectivity index (χ2v) is 4.86. The average Bonchev–Trinajstić information content (AvgIpc) is 2.85. The molecule has 0 radical (unpaired) electrons. The Morgan fingerprint density at radius 2 is 2.11 bits per heavy atom. The summed E-state index contributed by atoms with van der Waals surface area (Å²) < 4.78 is 0. The molecule has 0 saturated heterocycles. The van der Waals surface area contributed by atoms with Crippen molar-refractivity contribution in [2.24, 2.45) is 11.7 Å². The fraction of sp³-hybridized carbons (Fsp3) is 0.333. The number of nitriles is 1. The normalized spacial score (nSPS) is 22.8. The lowest BCUT2D eigenvalue weighted by Crippen LogP contribution is -2.32. The van der Waals surface area contributed by atoms with E-state index in [0.717, 1.165) is 5.56 Å². The molecule has 0 heterocycles. The second kappa shape index (κ2) is 5.68. The van der Waals surface area contributed by atoms with Gasteiger partial charge in [-0.05, 0) is 31.0 Å². The Kier molecular flexibility index (Phi) is 3.98. The lowest BCUT2D eigenvalue weighted by Gasteiger charge is -2.17. The summed E-state index contributed by atoms with van der Waals surface area (Å²) in [4.78, 5) is 12.0. The minimum Gasteiger partial charge on any atom is -0.349 e. The molecule has 3 unspecified atom stereocenters. The van der Waals surface area contributed by atoms with Crippen molar-refractivity contribution < 1.29 is 4.79 Å². The number of carbonyl (C=O) groups is 1. The Labute approximate surface area is 112 Å². The van der Waals surface area contributed by atoms with Crippen LogP contribution in [-0.4, -0.2) is 11.9 Å². The van der Waals surface area contributed by atoms with Crippen molar-refractivity contribution in [1.29, 1.82) is 5.26 Å². The van der Waals surface area contributed by atoms with Gasteiger partial charge in [-0.1, -0.05) is 24.3 Å². The molecule has 1 aliphatic carbocycles. The Hall–Kier alpha value is -2.12. The number of nitrogens with one attached hydrogen (secondary N) is 1. The average molecular weight is 255 g/mol. The van der Waals surface area contributed by atoms with E-state index in [1.807, 2.05) is 31.2 Å². The predicted molar refractivity (Wildman–Crippen MR) is 72.9 cm³/mol. The minimum absolute atomic E-state index is 0.000981. The Bertz CT molecular complexity index is 527. The molecule has 3 N–H and O–H groups in total. The van der Waals surface area contributed by atoms with Gasteiger partial charge in [0, 0.05) is 6.04 Å². The molecule has 1 aromatic carbocycles. The molecule has 1 aromatic rings. The van der Waals surface area contributed by atoms with Gasteiger partial charge >= 0.3 is 0 Å². The highest BCUT2D eigenvalue weighted by molar-refractivity contribution is 5.81. The fourth-order valence-electron chi connectivity index (χ4n) is 2.17.